The minimum absolute atomic E-state index is 0.377. The summed E-state index contributed by atoms with van der Waals surface area (Å²) in [6.45, 7) is 6.41. The first kappa shape index (κ1) is 11.2. The first-order chi connectivity index (χ1) is 7.80. The molecule has 6 heteroatoms. The third-order valence-corrected chi connectivity index (χ3v) is 3.08. The van der Waals surface area contributed by atoms with Gasteiger partial charge in [0.05, 0.1) is 26.9 Å². The van der Waals surface area contributed by atoms with Crippen LogP contribution in [0.5, 0.6) is 6.01 Å². The van der Waals surface area contributed by atoms with Crippen LogP contribution >= 0.6 is 0 Å². The normalized spacial score (nSPS) is 19.4. The van der Waals surface area contributed by atoms with E-state index in [1.807, 2.05) is 0 Å². The van der Waals surface area contributed by atoms with Crippen LogP contribution in [0.25, 0.3) is 0 Å². The monoisotopic (exact) mass is 225 g/mol. The SMILES string of the molecule is CC[N+]1(c2ncnc(OC)n2)CCOCC1. The smallest absolute Gasteiger partial charge is 0.335 e. The van der Waals surface area contributed by atoms with Crippen molar-refractivity contribution in [1.29, 1.82) is 0 Å². The molecule has 16 heavy (non-hydrogen) atoms. The number of nitrogens with zero attached hydrogens (tertiary/aromatic N) is 4. The lowest BCUT2D eigenvalue weighted by Crippen LogP contribution is -2.57. The van der Waals surface area contributed by atoms with Crippen LogP contribution in [0.4, 0.5) is 5.95 Å². The van der Waals surface area contributed by atoms with Gasteiger partial charge in [-0.2, -0.15) is 9.97 Å². The Morgan fingerprint density at radius 2 is 2.12 bits per heavy atom. The maximum atomic E-state index is 5.39. The van der Waals surface area contributed by atoms with Gasteiger partial charge in [-0.05, 0) is 6.92 Å². The molecule has 1 aromatic heterocycles. The van der Waals surface area contributed by atoms with Gasteiger partial charge in [0.2, 0.25) is 0 Å². The summed E-state index contributed by atoms with van der Waals surface area (Å²) in [6, 6.07) is 0.377. The minimum atomic E-state index is 0.377. The van der Waals surface area contributed by atoms with Gasteiger partial charge in [0, 0.05) is 0 Å². The van der Waals surface area contributed by atoms with Crippen molar-refractivity contribution in [2.75, 3.05) is 40.0 Å². The molecule has 0 aliphatic carbocycles. The van der Waals surface area contributed by atoms with Crippen LogP contribution in [0.3, 0.4) is 0 Å². The van der Waals surface area contributed by atoms with Gasteiger partial charge < -0.3 is 9.47 Å². The summed E-state index contributed by atoms with van der Waals surface area (Å²) >= 11 is 0. The highest BCUT2D eigenvalue weighted by Gasteiger charge is 2.34. The molecular weight excluding hydrogens is 208 g/mol. The van der Waals surface area contributed by atoms with Crippen molar-refractivity contribution >= 4 is 5.95 Å². The van der Waals surface area contributed by atoms with Crippen LogP contribution in [0.2, 0.25) is 0 Å². The van der Waals surface area contributed by atoms with E-state index in [9.17, 15) is 0 Å². The van der Waals surface area contributed by atoms with E-state index in [0.29, 0.717) is 6.01 Å². The maximum Gasteiger partial charge on any atom is 0.335 e. The fourth-order valence-electron chi connectivity index (χ4n) is 1.95. The van der Waals surface area contributed by atoms with E-state index in [4.69, 9.17) is 9.47 Å². The zero-order chi connectivity index (χ0) is 11.4. The average molecular weight is 225 g/mol. The number of hydrogen-bond acceptors (Lipinski definition) is 5. The van der Waals surface area contributed by atoms with Gasteiger partial charge in [0.15, 0.2) is 0 Å². The molecule has 1 aliphatic rings. The van der Waals surface area contributed by atoms with E-state index in [0.717, 1.165) is 43.3 Å². The predicted molar refractivity (Wildman–Crippen MR) is 59.3 cm³/mol. The molecule has 0 N–H and O–H groups in total. The van der Waals surface area contributed by atoms with E-state index in [-0.39, 0.29) is 0 Å². The molecule has 0 unspecified atom stereocenters. The lowest BCUT2D eigenvalue weighted by molar-refractivity contribution is 0.0395. The second-order valence-electron chi connectivity index (χ2n) is 3.79. The second-order valence-corrected chi connectivity index (χ2v) is 3.79. The Balaban J connectivity index is 2.31. The number of ether oxygens (including phenoxy) is 2. The first-order valence-corrected chi connectivity index (χ1v) is 5.48. The Morgan fingerprint density at radius 3 is 2.75 bits per heavy atom. The third kappa shape index (κ3) is 1.98. The quantitative estimate of drug-likeness (QED) is 0.690. The number of hydrogen-bond donors (Lipinski definition) is 0. The van der Waals surface area contributed by atoms with Crippen LogP contribution in [-0.2, 0) is 4.74 Å². The predicted octanol–water partition coefficient (Wildman–Crippen LogP) is 0.238. The van der Waals surface area contributed by atoms with Crippen LogP contribution in [-0.4, -0.2) is 54.9 Å². The number of morpholine rings is 1. The highest BCUT2D eigenvalue weighted by atomic mass is 16.5. The van der Waals surface area contributed by atoms with E-state index in [2.05, 4.69) is 21.9 Å². The lowest BCUT2D eigenvalue weighted by Gasteiger charge is -2.37. The number of methoxy groups -OCH3 is 1. The van der Waals surface area contributed by atoms with Gasteiger partial charge >= 0.3 is 12.0 Å². The van der Waals surface area contributed by atoms with Crippen molar-refractivity contribution in [2.24, 2.45) is 0 Å². The summed E-state index contributed by atoms with van der Waals surface area (Å²) in [6.07, 6.45) is 1.51. The molecule has 2 heterocycles. The molecule has 0 saturated carbocycles. The summed E-state index contributed by atoms with van der Waals surface area (Å²) in [5, 5.41) is 0. The van der Waals surface area contributed by atoms with Crippen LogP contribution in [0.15, 0.2) is 6.33 Å². The van der Waals surface area contributed by atoms with Gasteiger partial charge in [-0.3, -0.25) is 4.48 Å². The van der Waals surface area contributed by atoms with Crippen LogP contribution in [0, 0.1) is 0 Å². The molecule has 0 amide bonds. The summed E-state index contributed by atoms with van der Waals surface area (Å²) in [7, 11) is 1.56. The molecule has 1 saturated heterocycles. The number of rotatable bonds is 3. The van der Waals surface area contributed by atoms with Crippen molar-refractivity contribution in [2.45, 2.75) is 6.92 Å². The van der Waals surface area contributed by atoms with Crippen molar-refractivity contribution in [3.05, 3.63) is 6.33 Å². The fourth-order valence-corrected chi connectivity index (χ4v) is 1.95. The molecule has 0 atom stereocenters. The van der Waals surface area contributed by atoms with Gasteiger partial charge in [-0.1, -0.05) is 0 Å². The minimum Gasteiger partial charge on any atom is -0.467 e. The Bertz CT molecular complexity index is 352. The molecule has 1 aromatic rings. The Hall–Kier alpha value is -1.27. The Kier molecular flexibility index (Phi) is 3.31. The molecular formula is C10H17N4O2+. The summed E-state index contributed by atoms with van der Waals surface area (Å²) in [5.41, 5.74) is 0. The molecule has 0 bridgehead atoms. The Morgan fingerprint density at radius 1 is 1.38 bits per heavy atom. The van der Waals surface area contributed by atoms with Gasteiger partial charge in [-0.25, -0.2) is 0 Å². The largest absolute Gasteiger partial charge is 0.467 e. The molecule has 0 radical (unpaired) electrons. The molecule has 1 aliphatic heterocycles. The van der Waals surface area contributed by atoms with Crippen LogP contribution < -0.4 is 9.22 Å². The second kappa shape index (κ2) is 4.71. The van der Waals surface area contributed by atoms with E-state index < -0.39 is 0 Å². The van der Waals surface area contributed by atoms with E-state index >= 15 is 0 Å². The summed E-state index contributed by atoms with van der Waals surface area (Å²) in [4.78, 5) is 12.5. The summed E-state index contributed by atoms with van der Waals surface area (Å²) < 4.78 is 11.2. The van der Waals surface area contributed by atoms with E-state index in [1.165, 1.54) is 6.33 Å². The fraction of sp³-hybridized carbons (Fsp3) is 0.700. The molecule has 88 valence electrons. The third-order valence-electron chi connectivity index (χ3n) is 3.08. The van der Waals surface area contributed by atoms with Crippen molar-refractivity contribution in [3.8, 4) is 6.01 Å². The number of aromatic nitrogens is 3. The highest BCUT2D eigenvalue weighted by Crippen LogP contribution is 2.20. The van der Waals surface area contributed by atoms with Crippen molar-refractivity contribution in [1.82, 2.24) is 19.4 Å². The lowest BCUT2D eigenvalue weighted by atomic mass is 10.3. The maximum absolute atomic E-state index is 5.39. The number of likely N-dealkylation sites (N-methyl/N-ethyl adjacent to an activating group) is 1. The summed E-state index contributed by atoms with van der Waals surface area (Å²) in [5.74, 6) is 0.776. The topological polar surface area (TPSA) is 57.1 Å². The molecule has 0 spiro atoms. The molecule has 1 fully saturated rings. The standard InChI is InChI=1S/C10H17N4O2/c1-3-14(4-6-16-7-5-14)9-11-8-12-10(13-9)15-2/h8H,3-7H2,1-2H3/q+1. The van der Waals surface area contributed by atoms with Gasteiger partial charge in [0.1, 0.15) is 19.4 Å². The van der Waals surface area contributed by atoms with Crippen molar-refractivity contribution < 1.29 is 9.47 Å². The van der Waals surface area contributed by atoms with Gasteiger partial charge in [-0.15, -0.1) is 4.98 Å². The van der Waals surface area contributed by atoms with Gasteiger partial charge in [0.25, 0.3) is 0 Å². The molecule has 6 nitrogen and oxygen atoms in total. The zero-order valence-corrected chi connectivity index (χ0v) is 9.72. The average Bonchev–Trinajstić information content (AvgIpc) is 2.39. The number of quaternary nitrogens is 1. The Labute approximate surface area is 94.8 Å². The molecule has 2 rings (SSSR count). The molecule has 0 aromatic carbocycles. The highest BCUT2D eigenvalue weighted by molar-refractivity contribution is 5.25. The first-order valence-electron chi connectivity index (χ1n) is 5.48. The van der Waals surface area contributed by atoms with E-state index in [1.54, 1.807) is 7.11 Å². The van der Waals surface area contributed by atoms with Crippen molar-refractivity contribution in [3.63, 3.8) is 0 Å². The van der Waals surface area contributed by atoms with Crippen LogP contribution in [0.1, 0.15) is 6.92 Å². The zero-order valence-electron chi connectivity index (χ0n) is 9.72.